The SMILES string of the molecule is COc1cc(Cl)c(/C=N/NC(=O)COc2cccc3ccccc23)cc1OC. The van der Waals surface area contributed by atoms with Crippen LogP contribution in [0.3, 0.4) is 0 Å². The summed E-state index contributed by atoms with van der Waals surface area (Å²) in [7, 11) is 3.05. The summed E-state index contributed by atoms with van der Waals surface area (Å²) in [5.41, 5.74) is 3.00. The lowest BCUT2D eigenvalue weighted by atomic mass is 10.1. The van der Waals surface area contributed by atoms with Gasteiger partial charge in [0.15, 0.2) is 18.1 Å². The molecular formula is C21H19ClN2O4. The number of halogens is 1. The van der Waals surface area contributed by atoms with E-state index < -0.39 is 0 Å². The smallest absolute Gasteiger partial charge is 0.277 e. The van der Waals surface area contributed by atoms with Gasteiger partial charge in [0, 0.05) is 17.0 Å². The number of carbonyl (C=O) groups excluding carboxylic acids is 1. The molecule has 0 saturated carbocycles. The van der Waals surface area contributed by atoms with Crippen LogP contribution in [0.1, 0.15) is 5.56 Å². The molecule has 28 heavy (non-hydrogen) atoms. The topological polar surface area (TPSA) is 69.2 Å². The monoisotopic (exact) mass is 398 g/mol. The number of amides is 1. The number of ether oxygens (including phenoxy) is 3. The molecule has 0 heterocycles. The molecule has 1 N–H and O–H groups in total. The van der Waals surface area contributed by atoms with Crippen molar-refractivity contribution in [3.63, 3.8) is 0 Å². The van der Waals surface area contributed by atoms with Crippen LogP contribution in [0.2, 0.25) is 5.02 Å². The summed E-state index contributed by atoms with van der Waals surface area (Å²) in [4.78, 5) is 12.0. The Labute approximate surface area is 167 Å². The third-order valence-electron chi connectivity index (χ3n) is 4.00. The number of methoxy groups -OCH3 is 2. The van der Waals surface area contributed by atoms with E-state index in [1.165, 1.54) is 20.4 Å². The Bertz CT molecular complexity index is 1020. The quantitative estimate of drug-likeness (QED) is 0.481. The van der Waals surface area contributed by atoms with Crippen LogP contribution in [-0.4, -0.2) is 32.9 Å². The zero-order valence-corrected chi connectivity index (χ0v) is 16.2. The Kier molecular flexibility index (Phi) is 6.34. The van der Waals surface area contributed by atoms with E-state index in [1.807, 2.05) is 42.5 Å². The molecule has 1 amide bonds. The van der Waals surface area contributed by atoms with Gasteiger partial charge in [-0.15, -0.1) is 0 Å². The molecule has 0 saturated heterocycles. The molecule has 0 aliphatic carbocycles. The molecule has 144 valence electrons. The molecule has 0 atom stereocenters. The van der Waals surface area contributed by atoms with E-state index >= 15 is 0 Å². The minimum Gasteiger partial charge on any atom is -0.493 e. The lowest BCUT2D eigenvalue weighted by Gasteiger charge is -2.09. The first-order valence-electron chi connectivity index (χ1n) is 8.46. The summed E-state index contributed by atoms with van der Waals surface area (Å²) in [6.07, 6.45) is 1.43. The minimum absolute atomic E-state index is 0.162. The number of hydrogen-bond donors (Lipinski definition) is 1. The van der Waals surface area contributed by atoms with Gasteiger partial charge in [-0.2, -0.15) is 5.10 Å². The van der Waals surface area contributed by atoms with Crippen LogP contribution in [0.25, 0.3) is 10.8 Å². The standard InChI is InChI=1S/C21H19ClN2O4/c1-26-19-10-15(17(22)11-20(19)27-2)12-23-24-21(25)13-28-18-9-5-7-14-6-3-4-8-16(14)18/h3-12H,13H2,1-2H3,(H,24,25)/b23-12+. The minimum atomic E-state index is -0.388. The Morgan fingerprint density at radius 2 is 1.75 bits per heavy atom. The van der Waals surface area contributed by atoms with Crippen molar-refractivity contribution in [3.8, 4) is 17.2 Å². The average molecular weight is 399 g/mol. The van der Waals surface area contributed by atoms with Gasteiger partial charge in [-0.3, -0.25) is 4.79 Å². The van der Waals surface area contributed by atoms with Crippen LogP contribution < -0.4 is 19.6 Å². The fourth-order valence-corrected chi connectivity index (χ4v) is 2.84. The lowest BCUT2D eigenvalue weighted by molar-refractivity contribution is -0.123. The number of carbonyl (C=O) groups is 1. The van der Waals surface area contributed by atoms with Crippen LogP contribution >= 0.6 is 11.6 Å². The summed E-state index contributed by atoms with van der Waals surface area (Å²) in [6, 6.07) is 16.8. The van der Waals surface area contributed by atoms with Crippen molar-refractivity contribution in [2.24, 2.45) is 5.10 Å². The van der Waals surface area contributed by atoms with Crippen molar-refractivity contribution in [1.82, 2.24) is 5.43 Å². The van der Waals surface area contributed by atoms with Gasteiger partial charge in [0.1, 0.15) is 5.75 Å². The van der Waals surface area contributed by atoms with Crippen molar-refractivity contribution in [1.29, 1.82) is 0 Å². The van der Waals surface area contributed by atoms with Gasteiger partial charge >= 0.3 is 0 Å². The predicted octanol–water partition coefficient (Wildman–Crippen LogP) is 4.04. The van der Waals surface area contributed by atoms with Gasteiger partial charge in [-0.1, -0.05) is 48.0 Å². The summed E-state index contributed by atoms with van der Waals surface area (Å²) >= 11 is 6.18. The Morgan fingerprint density at radius 3 is 2.54 bits per heavy atom. The van der Waals surface area contributed by atoms with E-state index in [0.29, 0.717) is 27.8 Å². The first kappa shape index (κ1) is 19.5. The number of fused-ring (bicyclic) bond motifs is 1. The van der Waals surface area contributed by atoms with Crippen molar-refractivity contribution in [3.05, 3.63) is 65.2 Å². The second kappa shape index (κ2) is 9.10. The largest absolute Gasteiger partial charge is 0.493 e. The molecule has 7 heteroatoms. The fourth-order valence-electron chi connectivity index (χ4n) is 2.64. The van der Waals surface area contributed by atoms with Crippen LogP contribution in [0, 0.1) is 0 Å². The Balaban J connectivity index is 1.61. The Morgan fingerprint density at radius 1 is 1.04 bits per heavy atom. The van der Waals surface area contributed by atoms with Gasteiger partial charge in [0.05, 0.1) is 25.5 Å². The van der Waals surface area contributed by atoms with Crippen LogP contribution in [0.5, 0.6) is 17.2 Å². The second-order valence-electron chi connectivity index (χ2n) is 5.79. The van der Waals surface area contributed by atoms with E-state index in [9.17, 15) is 4.79 Å². The molecule has 0 bridgehead atoms. The summed E-state index contributed by atoms with van der Waals surface area (Å²) in [5, 5.41) is 6.33. The maximum absolute atomic E-state index is 12.0. The number of hydrazone groups is 1. The van der Waals surface area contributed by atoms with Crippen LogP contribution in [0.15, 0.2) is 59.7 Å². The van der Waals surface area contributed by atoms with Gasteiger partial charge in [-0.05, 0) is 17.5 Å². The molecule has 0 aliphatic heterocycles. The maximum Gasteiger partial charge on any atom is 0.277 e. The second-order valence-corrected chi connectivity index (χ2v) is 6.20. The molecule has 0 aromatic heterocycles. The molecule has 3 rings (SSSR count). The zero-order chi connectivity index (χ0) is 19.9. The van der Waals surface area contributed by atoms with Crippen molar-refractivity contribution in [2.75, 3.05) is 20.8 Å². The van der Waals surface area contributed by atoms with E-state index in [2.05, 4.69) is 10.5 Å². The molecule has 0 unspecified atom stereocenters. The third-order valence-corrected chi connectivity index (χ3v) is 4.33. The molecular weight excluding hydrogens is 380 g/mol. The van der Waals surface area contributed by atoms with E-state index in [1.54, 1.807) is 12.1 Å². The summed E-state index contributed by atoms with van der Waals surface area (Å²) in [6.45, 7) is -0.162. The number of hydrogen-bond acceptors (Lipinski definition) is 5. The van der Waals surface area contributed by atoms with Crippen molar-refractivity contribution < 1.29 is 19.0 Å². The zero-order valence-electron chi connectivity index (χ0n) is 15.4. The number of nitrogens with zero attached hydrogens (tertiary/aromatic N) is 1. The molecule has 6 nitrogen and oxygen atoms in total. The summed E-state index contributed by atoms with van der Waals surface area (Å²) < 4.78 is 16.0. The van der Waals surface area contributed by atoms with Gasteiger partial charge < -0.3 is 14.2 Å². The molecule has 0 radical (unpaired) electrons. The maximum atomic E-state index is 12.0. The lowest BCUT2D eigenvalue weighted by Crippen LogP contribution is -2.24. The highest BCUT2D eigenvalue weighted by Crippen LogP contribution is 2.32. The van der Waals surface area contributed by atoms with Gasteiger partial charge in [0.25, 0.3) is 5.91 Å². The van der Waals surface area contributed by atoms with E-state index in [0.717, 1.165) is 10.8 Å². The highest BCUT2D eigenvalue weighted by Gasteiger charge is 2.09. The van der Waals surface area contributed by atoms with E-state index in [4.69, 9.17) is 25.8 Å². The number of nitrogens with one attached hydrogen (secondary N) is 1. The molecule has 0 spiro atoms. The van der Waals surface area contributed by atoms with E-state index in [-0.39, 0.29) is 12.5 Å². The Hall–Kier alpha value is -3.25. The molecule has 3 aromatic rings. The fraction of sp³-hybridized carbons (Fsp3) is 0.143. The summed E-state index contributed by atoms with van der Waals surface area (Å²) in [5.74, 6) is 1.28. The van der Waals surface area contributed by atoms with Crippen LogP contribution in [0.4, 0.5) is 0 Å². The highest BCUT2D eigenvalue weighted by atomic mass is 35.5. The first-order chi connectivity index (χ1) is 13.6. The first-order valence-corrected chi connectivity index (χ1v) is 8.84. The van der Waals surface area contributed by atoms with Crippen molar-refractivity contribution in [2.45, 2.75) is 0 Å². The predicted molar refractivity (Wildman–Crippen MR) is 110 cm³/mol. The molecule has 0 aliphatic rings. The van der Waals surface area contributed by atoms with Crippen molar-refractivity contribution >= 4 is 34.5 Å². The van der Waals surface area contributed by atoms with Gasteiger partial charge in [0.2, 0.25) is 0 Å². The van der Waals surface area contributed by atoms with Crippen LogP contribution in [-0.2, 0) is 4.79 Å². The average Bonchev–Trinajstić information content (AvgIpc) is 2.73. The highest BCUT2D eigenvalue weighted by molar-refractivity contribution is 6.33. The number of rotatable bonds is 7. The van der Waals surface area contributed by atoms with Gasteiger partial charge in [-0.25, -0.2) is 5.43 Å². The molecule has 3 aromatic carbocycles. The molecule has 0 fully saturated rings. The number of benzene rings is 3. The normalized spacial score (nSPS) is 10.8. The third kappa shape index (κ3) is 4.53.